The average molecular weight is 399 g/mol. The van der Waals surface area contributed by atoms with Crippen molar-refractivity contribution in [2.45, 2.75) is 38.7 Å². The number of hydrogen-bond donors (Lipinski definition) is 1. The summed E-state index contributed by atoms with van der Waals surface area (Å²) >= 11 is 0. The predicted molar refractivity (Wildman–Crippen MR) is 117 cm³/mol. The van der Waals surface area contributed by atoms with Gasteiger partial charge in [-0.05, 0) is 61.1 Å². The number of hydrogen-bond acceptors (Lipinski definition) is 5. The van der Waals surface area contributed by atoms with E-state index in [2.05, 4.69) is 11.1 Å². The highest BCUT2D eigenvalue weighted by Crippen LogP contribution is 2.37. The largest absolute Gasteiger partial charge is 0.496 e. The quantitative estimate of drug-likeness (QED) is 0.607. The third-order valence-electron chi connectivity index (χ3n) is 5.57. The summed E-state index contributed by atoms with van der Waals surface area (Å²) in [5.74, 6) is 1.86. The summed E-state index contributed by atoms with van der Waals surface area (Å²) in [7, 11) is 1.65. The van der Waals surface area contributed by atoms with Crippen LogP contribution < -0.4 is 15.2 Å². The van der Waals surface area contributed by atoms with Crippen molar-refractivity contribution in [3.63, 3.8) is 0 Å². The lowest BCUT2D eigenvalue weighted by Gasteiger charge is -2.18. The standard InChI is InChI=1S/C25H25N3O2/c1-29-23-13-12-17(14-18(23)16-30-19-8-4-2-5-9-19)24-20-10-6-3-7-11-22(20)28-25(27)21(24)15-26/h2,4-5,8-9,12-14H,3,6-7,10-11,16H2,1H3,(H2,27,28). The Kier molecular flexibility index (Phi) is 5.85. The molecule has 0 bridgehead atoms. The molecule has 1 aliphatic carbocycles. The van der Waals surface area contributed by atoms with Gasteiger partial charge in [0.2, 0.25) is 0 Å². The number of pyridine rings is 1. The first-order valence-corrected chi connectivity index (χ1v) is 10.3. The highest BCUT2D eigenvalue weighted by Gasteiger charge is 2.22. The van der Waals surface area contributed by atoms with Crippen molar-refractivity contribution in [2.75, 3.05) is 12.8 Å². The van der Waals surface area contributed by atoms with Crippen LogP contribution in [-0.4, -0.2) is 12.1 Å². The number of aryl methyl sites for hydroxylation is 1. The molecule has 1 aliphatic rings. The van der Waals surface area contributed by atoms with Gasteiger partial charge < -0.3 is 15.2 Å². The topological polar surface area (TPSA) is 81.2 Å². The predicted octanol–water partition coefficient (Wildman–Crippen LogP) is 5.06. The van der Waals surface area contributed by atoms with Gasteiger partial charge in [0, 0.05) is 16.8 Å². The third kappa shape index (κ3) is 3.95. The molecule has 0 unspecified atom stereocenters. The van der Waals surface area contributed by atoms with Crippen LogP contribution in [0.25, 0.3) is 11.1 Å². The zero-order valence-electron chi connectivity index (χ0n) is 17.1. The number of anilines is 1. The van der Waals surface area contributed by atoms with Gasteiger partial charge in [-0.1, -0.05) is 30.7 Å². The Morgan fingerprint density at radius 3 is 2.63 bits per heavy atom. The Balaban J connectivity index is 1.79. The van der Waals surface area contributed by atoms with Gasteiger partial charge in [0.25, 0.3) is 0 Å². The van der Waals surface area contributed by atoms with Crippen molar-refractivity contribution < 1.29 is 9.47 Å². The van der Waals surface area contributed by atoms with Gasteiger partial charge in [0.05, 0.1) is 7.11 Å². The first kappa shape index (κ1) is 19.8. The van der Waals surface area contributed by atoms with Crippen LogP contribution in [0.1, 0.15) is 41.6 Å². The molecule has 4 rings (SSSR count). The fourth-order valence-electron chi connectivity index (χ4n) is 4.10. The lowest BCUT2D eigenvalue weighted by Crippen LogP contribution is -2.07. The van der Waals surface area contributed by atoms with Crippen LogP contribution in [0.15, 0.2) is 48.5 Å². The van der Waals surface area contributed by atoms with Gasteiger partial charge in [-0.15, -0.1) is 0 Å². The maximum Gasteiger partial charge on any atom is 0.142 e. The summed E-state index contributed by atoms with van der Waals surface area (Å²) in [6.45, 7) is 0.367. The molecule has 152 valence electrons. The lowest BCUT2D eigenvalue weighted by molar-refractivity contribution is 0.297. The Morgan fingerprint density at radius 1 is 1.07 bits per heavy atom. The minimum absolute atomic E-state index is 0.311. The van der Waals surface area contributed by atoms with E-state index in [1.807, 2.05) is 48.5 Å². The summed E-state index contributed by atoms with van der Waals surface area (Å²) in [5.41, 5.74) is 11.6. The molecule has 0 amide bonds. The maximum atomic E-state index is 9.84. The van der Waals surface area contributed by atoms with E-state index in [0.29, 0.717) is 18.0 Å². The minimum atomic E-state index is 0.311. The van der Waals surface area contributed by atoms with Crippen molar-refractivity contribution >= 4 is 5.82 Å². The summed E-state index contributed by atoms with van der Waals surface area (Å²) in [6, 6.07) is 17.9. The molecule has 0 fully saturated rings. The highest BCUT2D eigenvalue weighted by molar-refractivity contribution is 5.80. The Hall–Kier alpha value is -3.52. The number of nitrogens with two attached hydrogens (primary N) is 1. The molecule has 0 saturated carbocycles. The number of nitrogen functional groups attached to an aromatic ring is 1. The third-order valence-corrected chi connectivity index (χ3v) is 5.57. The SMILES string of the molecule is COc1ccc(-c2c(C#N)c(N)nc3c2CCCCC3)cc1COc1ccccc1. The Labute approximate surface area is 177 Å². The zero-order chi connectivity index (χ0) is 20.9. The van der Waals surface area contributed by atoms with Crippen LogP contribution in [-0.2, 0) is 19.4 Å². The van der Waals surface area contributed by atoms with E-state index in [1.54, 1.807) is 7.11 Å². The smallest absolute Gasteiger partial charge is 0.142 e. The summed E-state index contributed by atoms with van der Waals surface area (Å²) < 4.78 is 11.5. The second-order valence-corrected chi connectivity index (χ2v) is 7.47. The van der Waals surface area contributed by atoms with Crippen LogP contribution in [0, 0.1) is 11.3 Å². The number of methoxy groups -OCH3 is 1. The van der Waals surface area contributed by atoms with Crippen LogP contribution in [0.5, 0.6) is 11.5 Å². The molecule has 5 heteroatoms. The molecule has 1 heterocycles. The van der Waals surface area contributed by atoms with Crippen LogP contribution in [0.2, 0.25) is 0 Å². The van der Waals surface area contributed by atoms with Crippen LogP contribution in [0.3, 0.4) is 0 Å². The normalized spacial score (nSPS) is 13.1. The highest BCUT2D eigenvalue weighted by atomic mass is 16.5. The fourth-order valence-corrected chi connectivity index (χ4v) is 4.10. The zero-order valence-corrected chi connectivity index (χ0v) is 17.1. The molecule has 0 saturated heterocycles. The number of para-hydroxylation sites is 1. The van der Waals surface area contributed by atoms with E-state index in [-0.39, 0.29) is 0 Å². The van der Waals surface area contributed by atoms with E-state index >= 15 is 0 Å². The Bertz CT molecular complexity index is 1090. The minimum Gasteiger partial charge on any atom is -0.496 e. The molecule has 3 aromatic rings. The number of nitriles is 1. The molecule has 0 atom stereocenters. The summed E-state index contributed by atoms with van der Waals surface area (Å²) in [6.07, 6.45) is 5.17. The number of aromatic nitrogens is 1. The summed E-state index contributed by atoms with van der Waals surface area (Å²) in [4.78, 5) is 4.57. The number of benzene rings is 2. The van der Waals surface area contributed by atoms with Crippen molar-refractivity contribution in [1.82, 2.24) is 4.98 Å². The van der Waals surface area contributed by atoms with Gasteiger partial charge in [-0.2, -0.15) is 5.26 Å². The number of rotatable bonds is 5. The van der Waals surface area contributed by atoms with Crippen LogP contribution in [0.4, 0.5) is 5.82 Å². The molecule has 0 aliphatic heterocycles. The average Bonchev–Trinajstić information content (AvgIpc) is 3.02. The van der Waals surface area contributed by atoms with E-state index in [0.717, 1.165) is 71.6 Å². The molecule has 5 nitrogen and oxygen atoms in total. The van der Waals surface area contributed by atoms with Gasteiger partial charge in [-0.25, -0.2) is 4.98 Å². The van der Waals surface area contributed by atoms with Gasteiger partial charge in [0.1, 0.15) is 35.6 Å². The number of fused-ring (bicyclic) bond motifs is 1. The number of nitrogens with zero attached hydrogens (tertiary/aromatic N) is 2. The lowest BCUT2D eigenvalue weighted by atomic mass is 9.91. The molecule has 0 spiro atoms. The van der Waals surface area contributed by atoms with E-state index in [4.69, 9.17) is 15.2 Å². The molecule has 2 aromatic carbocycles. The van der Waals surface area contributed by atoms with Gasteiger partial charge in [0.15, 0.2) is 0 Å². The first-order chi connectivity index (χ1) is 14.7. The molecule has 2 N–H and O–H groups in total. The van der Waals surface area contributed by atoms with Crippen molar-refractivity contribution in [3.8, 4) is 28.7 Å². The second-order valence-electron chi connectivity index (χ2n) is 7.47. The molecular weight excluding hydrogens is 374 g/mol. The molecule has 30 heavy (non-hydrogen) atoms. The van der Waals surface area contributed by atoms with Crippen LogP contribution >= 0.6 is 0 Å². The van der Waals surface area contributed by atoms with Crippen molar-refractivity contribution in [1.29, 1.82) is 5.26 Å². The molecule has 0 radical (unpaired) electrons. The maximum absolute atomic E-state index is 9.84. The van der Waals surface area contributed by atoms with Gasteiger partial charge in [-0.3, -0.25) is 0 Å². The van der Waals surface area contributed by atoms with Gasteiger partial charge >= 0.3 is 0 Å². The van der Waals surface area contributed by atoms with Crippen molar-refractivity contribution in [2.24, 2.45) is 0 Å². The molecule has 1 aromatic heterocycles. The second kappa shape index (κ2) is 8.87. The first-order valence-electron chi connectivity index (χ1n) is 10.3. The monoisotopic (exact) mass is 399 g/mol. The molecular formula is C25H25N3O2. The summed E-state index contributed by atoms with van der Waals surface area (Å²) in [5, 5.41) is 9.84. The van der Waals surface area contributed by atoms with E-state index < -0.39 is 0 Å². The fraction of sp³-hybridized carbons (Fsp3) is 0.280. The van der Waals surface area contributed by atoms with E-state index in [1.165, 1.54) is 0 Å². The number of ether oxygens (including phenoxy) is 2. The van der Waals surface area contributed by atoms with Crippen molar-refractivity contribution in [3.05, 3.63) is 70.9 Å². The van der Waals surface area contributed by atoms with E-state index in [9.17, 15) is 5.26 Å². The Morgan fingerprint density at radius 2 is 1.87 bits per heavy atom.